The van der Waals surface area contributed by atoms with E-state index in [9.17, 15) is 0 Å². The molecule has 6 heterocycles. The Morgan fingerprint density at radius 2 is 1.20 bits per heavy atom. The van der Waals surface area contributed by atoms with Gasteiger partial charge in [-0.05, 0) is 96.0 Å². The number of morpholine rings is 2. The zero-order chi connectivity index (χ0) is 44.3. The zero-order valence-electron chi connectivity index (χ0n) is 39.0. The number of fused-ring (bicyclic) bond motifs is 4. The van der Waals surface area contributed by atoms with E-state index in [-0.39, 0.29) is 6.04 Å². The average molecular weight is 893 g/mol. The number of hydrogen-bond donors (Lipinski definition) is 4. The second kappa shape index (κ2) is 22.7. The van der Waals surface area contributed by atoms with Gasteiger partial charge in [-0.1, -0.05) is 78.9 Å². The van der Waals surface area contributed by atoms with Gasteiger partial charge in [0.25, 0.3) is 0 Å². The smallest absolute Gasteiger partial charge is 0.0613 e. The van der Waals surface area contributed by atoms with Crippen LogP contribution in [-0.4, -0.2) is 134 Å². The third-order valence-electron chi connectivity index (χ3n) is 15.0. The molecule has 12 heteroatoms. The van der Waals surface area contributed by atoms with Crippen molar-refractivity contribution in [3.8, 4) is 0 Å². The first-order chi connectivity index (χ1) is 32.7. The van der Waals surface area contributed by atoms with Crippen LogP contribution in [0.2, 0.25) is 0 Å². The second-order valence-corrected chi connectivity index (χ2v) is 19.2. The minimum atomic E-state index is 0.262. The van der Waals surface area contributed by atoms with Crippen LogP contribution in [0.25, 0.3) is 0 Å². The molecule has 0 radical (unpaired) electrons. The van der Waals surface area contributed by atoms with Crippen LogP contribution in [0.15, 0.2) is 103 Å². The Morgan fingerprint density at radius 3 is 1.89 bits per heavy atom. The van der Waals surface area contributed by atoms with E-state index >= 15 is 0 Å². The lowest BCUT2D eigenvalue weighted by atomic mass is 9.77. The third-order valence-corrected chi connectivity index (χ3v) is 15.0. The molecule has 0 amide bonds. The van der Waals surface area contributed by atoms with E-state index in [1.807, 2.05) is 12.4 Å². The maximum Gasteiger partial charge on any atom is 0.0613 e. The Kier molecular flexibility index (Phi) is 15.7. The number of aryl methyl sites for hydroxylation is 1. The van der Waals surface area contributed by atoms with Gasteiger partial charge in [0, 0.05) is 109 Å². The molecule has 2 saturated heterocycles. The van der Waals surface area contributed by atoms with E-state index in [1.54, 1.807) is 0 Å². The summed E-state index contributed by atoms with van der Waals surface area (Å²) in [6.07, 6.45) is 21.1. The van der Waals surface area contributed by atoms with Gasteiger partial charge in [0.2, 0.25) is 0 Å². The number of pyridine rings is 2. The number of nitrogens with zero attached hydrogens (tertiary/aromatic N) is 6. The summed E-state index contributed by atoms with van der Waals surface area (Å²) in [5, 5.41) is 12.5. The minimum Gasteiger partial charge on any atom is -0.379 e. The largest absolute Gasteiger partial charge is 0.379 e. The first-order valence-corrected chi connectivity index (χ1v) is 25.2. The molecule has 350 valence electrons. The molecule has 2 aromatic carbocycles. The second-order valence-electron chi connectivity index (χ2n) is 19.2. The highest BCUT2D eigenvalue weighted by molar-refractivity contribution is 5.43. The number of benzene rings is 2. The molecule has 4 aliphatic heterocycles. The van der Waals surface area contributed by atoms with E-state index in [2.05, 4.69) is 132 Å². The fourth-order valence-electron chi connectivity index (χ4n) is 11.5. The van der Waals surface area contributed by atoms with Crippen LogP contribution in [0, 0.1) is 0 Å². The number of ether oxygens (including phenoxy) is 2. The van der Waals surface area contributed by atoms with Crippen molar-refractivity contribution in [3.63, 3.8) is 0 Å². The highest BCUT2D eigenvalue weighted by atomic mass is 16.5. The molecule has 0 saturated carbocycles. The van der Waals surface area contributed by atoms with Gasteiger partial charge < -0.3 is 20.1 Å². The van der Waals surface area contributed by atoms with Crippen LogP contribution >= 0.6 is 0 Å². The molecule has 6 aliphatic rings. The summed E-state index contributed by atoms with van der Waals surface area (Å²) < 4.78 is 11.1. The molecule has 0 bridgehead atoms. The maximum atomic E-state index is 5.55. The average Bonchev–Trinajstić information content (AvgIpc) is 3.37. The van der Waals surface area contributed by atoms with Crippen molar-refractivity contribution in [2.24, 2.45) is 0 Å². The topological polar surface area (TPSA) is 105 Å². The molecular formula is C54H72N10O2. The molecule has 4 N–H and O–H groups in total. The van der Waals surface area contributed by atoms with E-state index in [0.717, 1.165) is 143 Å². The van der Waals surface area contributed by atoms with Crippen molar-refractivity contribution in [2.45, 2.75) is 88.1 Å². The first kappa shape index (κ1) is 45.6. The number of hydrazine groups is 2. The summed E-state index contributed by atoms with van der Waals surface area (Å²) >= 11 is 0. The summed E-state index contributed by atoms with van der Waals surface area (Å²) in [5.41, 5.74) is 19.8. The first-order valence-electron chi connectivity index (χ1n) is 25.2. The van der Waals surface area contributed by atoms with Gasteiger partial charge in [0.1, 0.15) is 0 Å². The third kappa shape index (κ3) is 11.4. The van der Waals surface area contributed by atoms with Crippen molar-refractivity contribution < 1.29 is 9.47 Å². The molecule has 4 aromatic rings. The van der Waals surface area contributed by atoms with Gasteiger partial charge in [0.15, 0.2) is 0 Å². The maximum absolute atomic E-state index is 5.55. The fourth-order valence-corrected chi connectivity index (χ4v) is 11.5. The summed E-state index contributed by atoms with van der Waals surface area (Å²) in [4.78, 5) is 15.6. The van der Waals surface area contributed by atoms with Gasteiger partial charge in [-0.3, -0.25) is 30.6 Å². The highest BCUT2D eigenvalue weighted by Gasteiger charge is 2.35. The summed E-state index contributed by atoms with van der Waals surface area (Å²) in [6.45, 7) is 14.2. The summed E-state index contributed by atoms with van der Waals surface area (Å²) in [6, 6.07) is 26.6. The molecule has 2 aromatic heterocycles. The molecule has 0 spiro atoms. The monoisotopic (exact) mass is 893 g/mol. The van der Waals surface area contributed by atoms with Gasteiger partial charge in [-0.25, -0.2) is 10.0 Å². The number of rotatable bonds is 17. The number of aromatic nitrogens is 2. The Labute approximate surface area is 393 Å². The quantitative estimate of drug-likeness (QED) is 0.0988. The Balaban J connectivity index is 0.818. The lowest BCUT2D eigenvalue weighted by molar-refractivity contribution is 0.0142. The minimum absolute atomic E-state index is 0.262. The van der Waals surface area contributed by atoms with E-state index in [0.29, 0.717) is 24.0 Å². The van der Waals surface area contributed by atoms with Gasteiger partial charge in [-0.15, -0.1) is 0 Å². The number of hydrogen-bond acceptors (Lipinski definition) is 12. The molecular weight excluding hydrogens is 821 g/mol. The molecule has 2 fully saturated rings. The van der Waals surface area contributed by atoms with Crippen LogP contribution in [0.5, 0.6) is 0 Å². The molecule has 12 nitrogen and oxygen atoms in total. The zero-order valence-corrected chi connectivity index (χ0v) is 39.0. The van der Waals surface area contributed by atoms with Gasteiger partial charge in [-0.2, -0.15) is 0 Å². The molecule has 10 rings (SSSR count). The van der Waals surface area contributed by atoms with Crippen LogP contribution in [0.3, 0.4) is 0 Å². The van der Waals surface area contributed by atoms with Crippen molar-refractivity contribution in [1.29, 1.82) is 0 Å². The Morgan fingerprint density at radius 1 is 0.606 bits per heavy atom. The Bertz CT molecular complexity index is 2240. The predicted molar refractivity (Wildman–Crippen MR) is 262 cm³/mol. The molecule has 5 atom stereocenters. The SMILES string of the molecule is C(=C\CN(C[C@H]1Cc2ccc(C3CC[C@H](N(C/C=C/CNN4CCOCC4)C[C@@H]4Cc5ccccc5CN4)c4ncccc43)cc2CN1)[C@H]1CCCc2cccnc21)/CNN1CCOCC1. The normalized spacial score (nSPS) is 25.0. The van der Waals surface area contributed by atoms with Crippen LogP contribution < -0.4 is 21.5 Å². The van der Waals surface area contributed by atoms with Crippen LogP contribution in [0.1, 0.15) is 94.0 Å². The Hall–Kier alpha value is -4.18. The lowest BCUT2D eigenvalue weighted by Gasteiger charge is -2.40. The summed E-state index contributed by atoms with van der Waals surface area (Å²) in [5.74, 6) is 0.335. The van der Waals surface area contributed by atoms with E-state index in [1.165, 1.54) is 56.8 Å². The predicted octanol–water partition coefficient (Wildman–Crippen LogP) is 5.64. The fraction of sp³-hybridized carbons (Fsp3) is 0.519. The van der Waals surface area contributed by atoms with E-state index < -0.39 is 0 Å². The van der Waals surface area contributed by atoms with Crippen molar-refractivity contribution >= 4 is 0 Å². The standard InChI is InChI=1S/C54H72N10O2/c1-2-11-45-37-57-47(35-42(45)10-1)40-62(25-6-4-23-60-64-28-32-66-33-29-64)52-19-18-49(50-14-9-21-56-54(50)52)44-17-16-43-36-48(58-38-46(43)34-44)39-61(24-5-3-22-59-63-26-30-65-31-27-63)51-15-7-12-41-13-8-20-55-53(41)51/h1-6,8-11,13-14,16-17,20-21,34,47-49,51-52,57-60H,7,12,15,18-19,22-33,35-40H2/b5-3+,6-4+/t47-,48+,49?,51-,52-/m0/s1. The molecule has 2 aliphatic carbocycles. The molecule has 66 heavy (non-hydrogen) atoms. The summed E-state index contributed by atoms with van der Waals surface area (Å²) in [7, 11) is 0. The van der Waals surface area contributed by atoms with E-state index in [4.69, 9.17) is 19.4 Å². The molecule has 1 unspecified atom stereocenters. The van der Waals surface area contributed by atoms with Crippen molar-refractivity contribution in [2.75, 3.05) is 91.9 Å². The van der Waals surface area contributed by atoms with Crippen LogP contribution in [0.4, 0.5) is 0 Å². The van der Waals surface area contributed by atoms with Crippen molar-refractivity contribution in [3.05, 3.63) is 154 Å². The highest BCUT2D eigenvalue weighted by Crippen LogP contribution is 2.43. The number of nitrogens with one attached hydrogen (secondary N) is 4. The van der Waals surface area contributed by atoms with Gasteiger partial charge >= 0.3 is 0 Å². The van der Waals surface area contributed by atoms with Gasteiger partial charge in [0.05, 0.1) is 49.9 Å². The van der Waals surface area contributed by atoms with Crippen LogP contribution in [-0.2, 0) is 41.8 Å². The lowest BCUT2D eigenvalue weighted by Crippen LogP contribution is -2.47. The van der Waals surface area contributed by atoms with Crippen molar-refractivity contribution in [1.82, 2.24) is 51.3 Å².